The number of oxime groups is 1. The van der Waals surface area contributed by atoms with E-state index in [2.05, 4.69) is 10.1 Å². The fourth-order valence-corrected chi connectivity index (χ4v) is 6.46. The zero-order chi connectivity index (χ0) is 22.1. The Hall–Kier alpha value is -1.23. The molecule has 1 saturated carbocycles. The Morgan fingerprint density at radius 3 is 2.19 bits per heavy atom. The van der Waals surface area contributed by atoms with Crippen LogP contribution < -0.4 is 0 Å². The lowest BCUT2D eigenvalue weighted by Gasteiger charge is -2.39. The number of hydrogen-bond acceptors (Lipinski definition) is 6. The number of hydrogen-bond donors (Lipinski definition) is 0. The Balaban J connectivity index is 1.27. The Labute approximate surface area is 186 Å². The molecule has 10 heteroatoms. The van der Waals surface area contributed by atoms with Crippen molar-refractivity contribution in [2.75, 3.05) is 53.4 Å². The first-order chi connectivity index (χ1) is 14.8. The smallest absolute Gasteiger partial charge is 0.281 e. The van der Waals surface area contributed by atoms with E-state index in [-0.39, 0.29) is 5.91 Å². The molecule has 1 aliphatic carbocycles. The summed E-state index contributed by atoms with van der Waals surface area (Å²) in [7, 11) is -0.330. The topological polar surface area (TPSA) is 85.8 Å². The summed E-state index contributed by atoms with van der Waals surface area (Å²) in [5.74, 6) is -0.0132. The van der Waals surface area contributed by atoms with Gasteiger partial charge in [-0.15, -0.1) is 0 Å². The summed E-state index contributed by atoms with van der Waals surface area (Å²) in [6.45, 7) is 4.14. The van der Waals surface area contributed by atoms with Crippen LogP contribution in [0.5, 0.6) is 0 Å². The van der Waals surface area contributed by atoms with E-state index in [4.69, 9.17) is 4.84 Å². The maximum Gasteiger partial charge on any atom is 0.281 e. The molecule has 0 aromatic carbocycles. The van der Waals surface area contributed by atoms with E-state index < -0.39 is 15.8 Å². The fraction of sp³-hybridized carbons (Fsp3) is 0.905. The Bertz CT molecular complexity index is 776. The van der Waals surface area contributed by atoms with Crippen molar-refractivity contribution >= 4 is 21.8 Å². The van der Waals surface area contributed by atoms with Crippen LogP contribution in [0.25, 0.3) is 0 Å². The van der Waals surface area contributed by atoms with Crippen molar-refractivity contribution in [3.05, 3.63) is 0 Å². The molecule has 31 heavy (non-hydrogen) atoms. The molecule has 3 heterocycles. The first kappa shape index (κ1) is 22.9. The molecule has 0 bridgehead atoms. The molecular weight excluding hydrogens is 418 g/mol. The lowest BCUT2D eigenvalue weighted by atomic mass is 9.87. The van der Waals surface area contributed by atoms with Crippen LogP contribution in [-0.4, -0.2) is 103 Å². The van der Waals surface area contributed by atoms with Crippen molar-refractivity contribution in [3.63, 3.8) is 0 Å². The highest BCUT2D eigenvalue weighted by Crippen LogP contribution is 2.36. The fourth-order valence-electron chi connectivity index (χ4n) is 5.36. The van der Waals surface area contributed by atoms with Gasteiger partial charge in [-0.3, -0.25) is 9.69 Å². The minimum Gasteiger partial charge on any atom is -0.388 e. The number of carbonyl (C=O) groups is 1. The predicted octanol–water partition coefficient (Wildman–Crippen LogP) is 1.27. The molecule has 4 aliphatic rings. The highest BCUT2D eigenvalue weighted by Gasteiger charge is 2.46. The number of carbonyl (C=O) groups excluding carboxylic acids is 1. The van der Waals surface area contributed by atoms with Crippen molar-refractivity contribution in [2.45, 2.75) is 69.4 Å². The molecular formula is C21H37N5O4S. The predicted molar refractivity (Wildman–Crippen MR) is 119 cm³/mol. The first-order valence-electron chi connectivity index (χ1n) is 11.8. The standard InChI is InChI=1S/C21H37N5O4S/c1-23(2)31(28,29)26-11-9-21(10-12-26)17-19(22-30-21)20(27)25-15-13-24(14-16-25)18-7-5-3-4-6-8-18/h18H,3-17H2,1-2H3. The molecule has 0 aromatic heterocycles. The van der Waals surface area contributed by atoms with E-state index in [1.165, 1.54) is 47.1 Å². The van der Waals surface area contributed by atoms with Crippen LogP contribution in [0.4, 0.5) is 0 Å². The SMILES string of the molecule is CN(C)S(=O)(=O)N1CCC2(CC1)CC(C(=O)N1CCN(C3CCCCCC3)CC1)=NO2. The average Bonchev–Trinajstić information content (AvgIpc) is 2.99. The molecule has 1 amide bonds. The van der Waals surface area contributed by atoms with E-state index in [1.807, 2.05) is 4.90 Å². The van der Waals surface area contributed by atoms with Gasteiger partial charge in [0, 0.05) is 78.7 Å². The normalized spacial score (nSPS) is 26.7. The van der Waals surface area contributed by atoms with E-state index in [0.717, 1.165) is 26.2 Å². The van der Waals surface area contributed by atoms with Gasteiger partial charge in [0.2, 0.25) is 0 Å². The minimum atomic E-state index is -3.42. The minimum absolute atomic E-state index is 0.0132. The summed E-state index contributed by atoms with van der Waals surface area (Å²) in [6.07, 6.45) is 9.52. The molecule has 9 nitrogen and oxygen atoms in total. The highest BCUT2D eigenvalue weighted by atomic mass is 32.2. The van der Waals surface area contributed by atoms with Crippen molar-refractivity contribution in [1.29, 1.82) is 0 Å². The second-order valence-electron chi connectivity index (χ2n) is 9.65. The van der Waals surface area contributed by atoms with Crippen LogP contribution >= 0.6 is 0 Å². The van der Waals surface area contributed by atoms with Gasteiger partial charge in [0.05, 0.1) is 0 Å². The largest absolute Gasteiger partial charge is 0.388 e. The van der Waals surface area contributed by atoms with Gasteiger partial charge in [0.15, 0.2) is 0 Å². The molecule has 0 N–H and O–H groups in total. The van der Waals surface area contributed by atoms with Crippen molar-refractivity contribution in [1.82, 2.24) is 18.4 Å². The van der Waals surface area contributed by atoms with Gasteiger partial charge in [-0.05, 0) is 12.8 Å². The summed E-state index contributed by atoms with van der Waals surface area (Å²) in [4.78, 5) is 23.3. The quantitative estimate of drug-likeness (QED) is 0.596. The zero-order valence-electron chi connectivity index (χ0n) is 19.0. The van der Waals surface area contributed by atoms with Crippen molar-refractivity contribution < 1.29 is 18.0 Å². The van der Waals surface area contributed by atoms with Crippen LogP contribution in [0, 0.1) is 0 Å². The molecule has 0 atom stereocenters. The van der Waals surface area contributed by atoms with E-state index >= 15 is 0 Å². The lowest BCUT2D eigenvalue weighted by Crippen LogP contribution is -2.53. The summed E-state index contributed by atoms with van der Waals surface area (Å²) in [5, 5.41) is 4.16. The number of piperazine rings is 1. The molecule has 3 aliphatic heterocycles. The van der Waals surface area contributed by atoms with Crippen molar-refractivity contribution in [2.24, 2.45) is 5.16 Å². The molecule has 2 saturated heterocycles. The molecule has 1 spiro atoms. The van der Waals surface area contributed by atoms with Crippen LogP contribution in [0.1, 0.15) is 57.8 Å². The van der Waals surface area contributed by atoms with Gasteiger partial charge in [-0.2, -0.15) is 17.0 Å². The van der Waals surface area contributed by atoms with Gasteiger partial charge in [-0.25, -0.2) is 0 Å². The van der Waals surface area contributed by atoms with Crippen LogP contribution in [-0.2, 0) is 19.8 Å². The Morgan fingerprint density at radius 1 is 1.00 bits per heavy atom. The zero-order valence-corrected chi connectivity index (χ0v) is 19.8. The van der Waals surface area contributed by atoms with Gasteiger partial charge in [0.1, 0.15) is 11.3 Å². The Morgan fingerprint density at radius 2 is 1.61 bits per heavy atom. The molecule has 0 aromatic rings. The average molecular weight is 456 g/mol. The second-order valence-corrected chi connectivity index (χ2v) is 11.8. The molecule has 3 fully saturated rings. The molecule has 0 radical (unpaired) electrons. The van der Waals surface area contributed by atoms with Crippen LogP contribution in [0.15, 0.2) is 5.16 Å². The third-order valence-corrected chi connectivity index (χ3v) is 9.39. The second kappa shape index (κ2) is 9.33. The maximum atomic E-state index is 13.1. The lowest BCUT2D eigenvalue weighted by molar-refractivity contribution is -0.126. The first-order valence-corrected chi connectivity index (χ1v) is 13.2. The summed E-state index contributed by atoms with van der Waals surface area (Å²) in [5.41, 5.74) is -0.0438. The van der Waals surface area contributed by atoms with Gasteiger partial charge < -0.3 is 9.74 Å². The van der Waals surface area contributed by atoms with E-state index in [9.17, 15) is 13.2 Å². The van der Waals surface area contributed by atoms with Gasteiger partial charge in [0.25, 0.3) is 16.1 Å². The molecule has 4 rings (SSSR count). The summed E-state index contributed by atoms with van der Waals surface area (Å²) in [6, 6.07) is 0.679. The van der Waals surface area contributed by atoms with Crippen molar-refractivity contribution in [3.8, 4) is 0 Å². The van der Waals surface area contributed by atoms with Crippen LogP contribution in [0.3, 0.4) is 0 Å². The molecule has 0 unspecified atom stereocenters. The van der Waals surface area contributed by atoms with E-state index in [1.54, 1.807) is 14.1 Å². The number of rotatable bonds is 4. The van der Waals surface area contributed by atoms with Gasteiger partial charge in [-0.1, -0.05) is 30.8 Å². The number of piperidine rings is 1. The van der Waals surface area contributed by atoms with Crippen LogP contribution in [0.2, 0.25) is 0 Å². The monoisotopic (exact) mass is 455 g/mol. The van der Waals surface area contributed by atoms with Gasteiger partial charge >= 0.3 is 0 Å². The third-order valence-electron chi connectivity index (χ3n) is 7.45. The summed E-state index contributed by atoms with van der Waals surface area (Å²) >= 11 is 0. The van der Waals surface area contributed by atoms with E-state index in [0.29, 0.717) is 44.1 Å². The molecule has 176 valence electrons. The number of nitrogens with zero attached hydrogens (tertiary/aromatic N) is 5. The maximum absolute atomic E-state index is 13.1. The number of amides is 1. The third kappa shape index (κ3) is 4.91. The Kier molecular flexibility index (Phi) is 6.90. The summed E-state index contributed by atoms with van der Waals surface area (Å²) < 4.78 is 27.4. The highest BCUT2D eigenvalue weighted by molar-refractivity contribution is 7.86.